The smallest absolute Gasteiger partial charge is 1.00 e. The molecule has 4 aromatic rings. The zero-order chi connectivity index (χ0) is 31.4. The zero-order valence-electron chi connectivity index (χ0n) is 28.9. The molecule has 0 aromatic heterocycles. The minimum atomic E-state index is -2.71. The van der Waals surface area contributed by atoms with Crippen LogP contribution < -0.4 is 24.8 Å². The standard InChI is InChI=1S/C21H25.C13H13.C9H10.2ClH.Zr/c1-20(2,3)16-7-9-18-14(12-16)11-15-13-17(21(4,5)6)8-10-19(15)18;1-10-8-11(2)13(9-10)12-6-4-3-5-7-12;1-2-6-9-7-4-3-5-8-9;;;/h7-13H,1-6H3;3-7,9-10H,1-2H3;3-5,7-8H,2H2,1H3;2*1H;/q;;;;;+2/p-2. The van der Waals surface area contributed by atoms with Crippen LogP contribution in [0.3, 0.4) is 0 Å². The van der Waals surface area contributed by atoms with E-state index in [1.54, 1.807) is 17.6 Å². The third-order valence-electron chi connectivity index (χ3n) is 9.89. The van der Waals surface area contributed by atoms with Crippen LogP contribution in [0.25, 0.3) is 16.7 Å². The van der Waals surface area contributed by atoms with Gasteiger partial charge < -0.3 is 24.8 Å². The van der Waals surface area contributed by atoms with Crippen LogP contribution in [-0.2, 0) is 32.1 Å². The largest absolute Gasteiger partial charge is 1.00 e. The van der Waals surface area contributed by atoms with Gasteiger partial charge in [0.15, 0.2) is 0 Å². The van der Waals surface area contributed by atoms with Crippen LogP contribution in [0.5, 0.6) is 0 Å². The van der Waals surface area contributed by atoms with E-state index in [1.807, 2.05) is 0 Å². The molecule has 46 heavy (non-hydrogen) atoms. The Bertz CT molecular complexity index is 1750. The summed E-state index contributed by atoms with van der Waals surface area (Å²) in [5.41, 5.74) is 15.0. The molecule has 0 amide bonds. The van der Waals surface area contributed by atoms with Gasteiger partial charge in [-0.3, -0.25) is 0 Å². The van der Waals surface area contributed by atoms with E-state index in [-0.39, 0.29) is 35.6 Å². The van der Waals surface area contributed by atoms with Crippen molar-refractivity contribution >= 4 is 8.78 Å². The second-order valence-corrected chi connectivity index (χ2v) is 21.2. The SMILES string of the molecule is CC/[C](c1ccccc1)=[Zr+2](/[C]1=C(C)C(c2ccccc2)=CC1C)[CH]1c2cc(C(C)(C)C)ccc2-c2ccc(C(C)(C)C)cc21.[Cl-].[Cl-]. The van der Waals surface area contributed by atoms with E-state index in [2.05, 4.69) is 165 Å². The van der Waals surface area contributed by atoms with Crippen molar-refractivity contribution in [1.82, 2.24) is 0 Å². The number of hydrogen-bond acceptors (Lipinski definition) is 0. The van der Waals surface area contributed by atoms with E-state index in [0.29, 0.717) is 9.54 Å². The Morgan fingerprint density at radius 2 is 1.15 bits per heavy atom. The molecule has 238 valence electrons. The predicted molar refractivity (Wildman–Crippen MR) is 188 cm³/mol. The van der Waals surface area contributed by atoms with Crippen molar-refractivity contribution < 1.29 is 46.1 Å². The van der Waals surface area contributed by atoms with E-state index < -0.39 is 21.3 Å². The van der Waals surface area contributed by atoms with Crippen LogP contribution >= 0.6 is 0 Å². The van der Waals surface area contributed by atoms with Crippen molar-refractivity contribution in [3.63, 3.8) is 0 Å². The topological polar surface area (TPSA) is 0 Å². The minimum Gasteiger partial charge on any atom is -1.00 e. The first kappa shape index (κ1) is 36.5. The molecule has 0 radical (unpaired) electrons. The van der Waals surface area contributed by atoms with E-state index >= 15 is 0 Å². The first-order valence-electron chi connectivity index (χ1n) is 16.5. The summed E-state index contributed by atoms with van der Waals surface area (Å²) in [6.07, 6.45) is 3.68. The molecule has 3 heteroatoms. The van der Waals surface area contributed by atoms with E-state index in [9.17, 15) is 0 Å². The molecule has 4 aromatic carbocycles. The molecule has 6 rings (SSSR count). The van der Waals surface area contributed by atoms with Crippen molar-refractivity contribution in [1.29, 1.82) is 0 Å². The average molecular weight is 727 g/mol. The van der Waals surface area contributed by atoms with Crippen molar-refractivity contribution in [2.24, 2.45) is 5.92 Å². The molecule has 0 bridgehead atoms. The number of hydrogen-bond donors (Lipinski definition) is 0. The van der Waals surface area contributed by atoms with Gasteiger partial charge >= 0.3 is 276 Å². The summed E-state index contributed by atoms with van der Waals surface area (Å²) in [7, 11) is 0. The zero-order valence-corrected chi connectivity index (χ0v) is 32.9. The fraction of sp³-hybridized carbons (Fsp3) is 0.326. The average Bonchev–Trinajstić information content (AvgIpc) is 3.48. The molecule has 0 saturated heterocycles. The van der Waals surface area contributed by atoms with E-state index in [1.165, 1.54) is 44.5 Å². The van der Waals surface area contributed by atoms with Gasteiger partial charge in [-0.2, -0.15) is 0 Å². The van der Waals surface area contributed by atoms with Gasteiger partial charge in [-0.15, -0.1) is 0 Å². The molecule has 1 atom stereocenters. The Labute approximate surface area is 298 Å². The molecule has 0 aliphatic heterocycles. The number of rotatable bonds is 5. The predicted octanol–water partition coefficient (Wildman–Crippen LogP) is 5.62. The fourth-order valence-electron chi connectivity index (χ4n) is 7.51. The third kappa shape index (κ3) is 6.68. The Kier molecular flexibility index (Phi) is 11.2. The summed E-state index contributed by atoms with van der Waals surface area (Å²) in [4.78, 5) is 0. The monoisotopic (exact) mass is 724 g/mol. The van der Waals surface area contributed by atoms with Gasteiger partial charge in [0.05, 0.1) is 0 Å². The number of halogens is 2. The first-order chi connectivity index (χ1) is 20.9. The summed E-state index contributed by atoms with van der Waals surface area (Å²) >= 11 is -2.71. The number of benzene rings is 4. The molecular formula is C43H48Cl2Zr. The second kappa shape index (κ2) is 14.0. The maximum absolute atomic E-state index is 2.71. The molecule has 2 aliphatic rings. The summed E-state index contributed by atoms with van der Waals surface area (Å²) in [6.45, 7) is 21.5. The molecule has 1 unspecified atom stereocenters. The molecule has 2 aliphatic carbocycles. The normalized spacial score (nSPS) is 16.2. The van der Waals surface area contributed by atoms with E-state index in [4.69, 9.17) is 0 Å². The van der Waals surface area contributed by atoms with E-state index in [0.717, 1.165) is 6.42 Å². The van der Waals surface area contributed by atoms with Gasteiger partial charge in [-0.1, -0.05) is 0 Å². The molecule has 0 saturated carbocycles. The minimum absolute atomic E-state index is 0. The maximum Gasteiger partial charge on any atom is -1.00 e. The van der Waals surface area contributed by atoms with Gasteiger partial charge in [0, 0.05) is 0 Å². The summed E-state index contributed by atoms with van der Waals surface area (Å²) in [5, 5.41) is 0. The van der Waals surface area contributed by atoms with Crippen molar-refractivity contribution in [2.75, 3.05) is 0 Å². The van der Waals surface area contributed by atoms with Gasteiger partial charge in [0.2, 0.25) is 0 Å². The molecule has 0 nitrogen and oxygen atoms in total. The molecule has 0 fully saturated rings. The summed E-state index contributed by atoms with van der Waals surface area (Å²) in [5.74, 6) is 0.439. The van der Waals surface area contributed by atoms with Crippen molar-refractivity contribution in [3.05, 3.63) is 145 Å². The molecule has 0 spiro atoms. The van der Waals surface area contributed by atoms with Crippen LogP contribution in [0.4, 0.5) is 0 Å². The quantitative estimate of drug-likeness (QED) is 0.251. The number of allylic oxidation sites excluding steroid dienone is 4. The Hall–Kier alpha value is -2.31. The maximum atomic E-state index is 2.61. The van der Waals surface area contributed by atoms with Crippen LogP contribution in [0.2, 0.25) is 0 Å². The van der Waals surface area contributed by atoms with Crippen LogP contribution in [0, 0.1) is 5.92 Å². The van der Waals surface area contributed by atoms with Crippen molar-refractivity contribution in [3.8, 4) is 11.1 Å². The Balaban J connectivity index is 0.00000240. The van der Waals surface area contributed by atoms with Gasteiger partial charge in [-0.05, 0) is 0 Å². The fourth-order valence-corrected chi connectivity index (χ4v) is 17.5. The van der Waals surface area contributed by atoms with Crippen LogP contribution in [0.15, 0.2) is 112 Å². The van der Waals surface area contributed by atoms with Gasteiger partial charge in [0.1, 0.15) is 0 Å². The van der Waals surface area contributed by atoms with Crippen LogP contribution in [-0.4, -0.2) is 3.21 Å². The van der Waals surface area contributed by atoms with Crippen LogP contribution in [0.1, 0.15) is 106 Å². The van der Waals surface area contributed by atoms with Gasteiger partial charge in [-0.25, -0.2) is 0 Å². The van der Waals surface area contributed by atoms with Crippen molar-refractivity contribution in [2.45, 2.75) is 83.2 Å². The molecular weight excluding hydrogens is 679 g/mol. The molecule has 0 heterocycles. The Morgan fingerprint density at radius 1 is 0.674 bits per heavy atom. The third-order valence-corrected chi connectivity index (χ3v) is 19.5. The first-order valence-corrected chi connectivity index (χ1v) is 20.3. The van der Waals surface area contributed by atoms with Gasteiger partial charge in [0.25, 0.3) is 0 Å². The second-order valence-electron chi connectivity index (χ2n) is 14.9. The number of fused-ring (bicyclic) bond motifs is 3. The molecule has 0 N–H and O–H groups in total. The summed E-state index contributed by atoms with van der Waals surface area (Å²) in [6, 6.07) is 37.4. The Morgan fingerprint density at radius 3 is 1.61 bits per heavy atom. The summed E-state index contributed by atoms with van der Waals surface area (Å²) < 4.78 is 3.96.